The molecule has 0 bridgehead atoms. The second-order valence-electron chi connectivity index (χ2n) is 12.6. The Hall–Kier alpha value is -5.46. The molecule has 46 heavy (non-hydrogen) atoms. The van der Waals surface area contributed by atoms with E-state index >= 15 is 0 Å². The van der Waals surface area contributed by atoms with Crippen molar-refractivity contribution in [2.75, 3.05) is 0 Å². The van der Waals surface area contributed by atoms with Gasteiger partial charge in [-0.3, -0.25) is 0 Å². The van der Waals surface area contributed by atoms with E-state index in [9.17, 15) is 0 Å². The lowest BCUT2D eigenvalue weighted by molar-refractivity contribution is 1.09. The van der Waals surface area contributed by atoms with E-state index in [1.807, 2.05) is 0 Å². The fourth-order valence-corrected chi connectivity index (χ4v) is 8.08. The molecule has 0 saturated carbocycles. The third kappa shape index (κ3) is 3.93. The number of fused-ring (bicyclic) bond motifs is 2. The average Bonchev–Trinajstić information content (AvgIpc) is 3.13. The van der Waals surface area contributed by atoms with Crippen molar-refractivity contribution in [3.8, 4) is 33.4 Å². The van der Waals surface area contributed by atoms with Crippen LogP contribution in [0.2, 0.25) is 0 Å². The van der Waals surface area contributed by atoms with Crippen molar-refractivity contribution in [3.05, 3.63) is 157 Å². The van der Waals surface area contributed by atoms with Gasteiger partial charge in [0, 0.05) is 0 Å². The molecule has 0 N–H and O–H groups in total. The van der Waals surface area contributed by atoms with E-state index in [0.717, 1.165) is 12.8 Å². The molecular formula is C46H34. The number of benzene rings is 9. The highest BCUT2D eigenvalue weighted by atomic mass is 14.3. The summed E-state index contributed by atoms with van der Waals surface area (Å²) in [4.78, 5) is 0. The lowest BCUT2D eigenvalue weighted by atomic mass is 9.80. The van der Waals surface area contributed by atoms with Crippen LogP contribution in [0.5, 0.6) is 0 Å². The monoisotopic (exact) mass is 586 g/mol. The standard InChI is InChI=1S/C46H34/c1-3-29-27-35(31-13-6-5-7-14-31)28-30(4-2)42(29)46-38-19-10-8-17-36(38)45(37-18-9-11-20-39(37)46)41-26-24-34-22-21-32-15-12-16-33-23-25-40(41)44(34)43(32)33/h5-28H,3-4H2,1-2H3. The Balaban J connectivity index is 1.41. The van der Waals surface area contributed by atoms with E-state index in [0.29, 0.717) is 0 Å². The SMILES string of the molecule is CCc1cc(-c2ccccc2)cc(CC)c1-c1c2ccccc2c(-c2ccc3ccc4cccc5ccc2c3c45)c2ccccc12. The summed E-state index contributed by atoms with van der Waals surface area (Å²) >= 11 is 0. The van der Waals surface area contributed by atoms with Crippen LogP contribution >= 0.6 is 0 Å². The average molecular weight is 587 g/mol. The molecule has 218 valence electrons. The molecule has 0 saturated heterocycles. The highest BCUT2D eigenvalue weighted by Gasteiger charge is 2.22. The first-order valence-corrected chi connectivity index (χ1v) is 16.6. The van der Waals surface area contributed by atoms with Gasteiger partial charge in [0.25, 0.3) is 0 Å². The topological polar surface area (TPSA) is 0 Å². The summed E-state index contributed by atoms with van der Waals surface area (Å²) in [5, 5.41) is 13.2. The molecule has 0 amide bonds. The Morgan fingerprint density at radius 1 is 0.348 bits per heavy atom. The van der Waals surface area contributed by atoms with E-state index < -0.39 is 0 Å². The van der Waals surface area contributed by atoms with Gasteiger partial charge in [0.1, 0.15) is 0 Å². The van der Waals surface area contributed by atoms with E-state index in [1.54, 1.807) is 0 Å². The van der Waals surface area contributed by atoms with Gasteiger partial charge in [-0.2, -0.15) is 0 Å². The van der Waals surface area contributed by atoms with E-state index in [1.165, 1.54) is 98.4 Å². The lowest BCUT2D eigenvalue weighted by Gasteiger charge is -2.23. The molecule has 0 atom stereocenters. The third-order valence-electron chi connectivity index (χ3n) is 10.2. The van der Waals surface area contributed by atoms with E-state index in [-0.39, 0.29) is 0 Å². The maximum atomic E-state index is 2.43. The maximum absolute atomic E-state index is 2.43. The molecule has 0 aromatic heterocycles. The minimum Gasteiger partial charge on any atom is -0.0622 e. The highest BCUT2D eigenvalue weighted by molar-refractivity contribution is 6.29. The van der Waals surface area contributed by atoms with Crippen molar-refractivity contribution in [2.24, 2.45) is 0 Å². The quantitative estimate of drug-likeness (QED) is 0.139. The Bertz CT molecular complexity index is 2490. The van der Waals surface area contributed by atoms with Crippen LogP contribution in [0.3, 0.4) is 0 Å². The molecule has 0 spiro atoms. The predicted octanol–water partition coefficient (Wildman–Crippen LogP) is 13.0. The van der Waals surface area contributed by atoms with Gasteiger partial charge in [0.2, 0.25) is 0 Å². The van der Waals surface area contributed by atoms with Gasteiger partial charge >= 0.3 is 0 Å². The van der Waals surface area contributed by atoms with E-state index in [2.05, 4.69) is 159 Å². The summed E-state index contributed by atoms with van der Waals surface area (Å²) in [5.74, 6) is 0. The predicted molar refractivity (Wildman–Crippen MR) is 200 cm³/mol. The van der Waals surface area contributed by atoms with Crippen LogP contribution in [0.4, 0.5) is 0 Å². The van der Waals surface area contributed by atoms with Gasteiger partial charge < -0.3 is 0 Å². The molecule has 0 unspecified atom stereocenters. The number of hydrogen-bond donors (Lipinski definition) is 0. The van der Waals surface area contributed by atoms with Crippen molar-refractivity contribution in [3.63, 3.8) is 0 Å². The zero-order valence-corrected chi connectivity index (χ0v) is 26.3. The largest absolute Gasteiger partial charge is 0.0622 e. The van der Waals surface area contributed by atoms with Crippen LogP contribution in [-0.4, -0.2) is 0 Å². The van der Waals surface area contributed by atoms with Crippen molar-refractivity contribution >= 4 is 53.9 Å². The van der Waals surface area contributed by atoms with E-state index in [4.69, 9.17) is 0 Å². The van der Waals surface area contributed by atoms with Crippen molar-refractivity contribution in [1.82, 2.24) is 0 Å². The van der Waals surface area contributed by atoms with Crippen LogP contribution < -0.4 is 0 Å². The minimum atomic E-state index is 0.975. The molecule has 9 rings (SSSR count). The molecule has 0 radical (unpaired) electrons. The Morgan fingerprint density at radius 3 is 1.43 bits per heavy atom. The number of hydrogen-bond acceptors (Lipinski definition) is 0. The molecule has 9 aromatic rings. The van der Waals surface area contributed by atoms with Gasteiger partial charge in [0.15, 0.2) is 0 Å². The first-order chi connectivity index (χ1) is 22.7. The van der Waals surface area contributed by atoms with Crippen LogP contribution in [0.25, 0.3) is 87.2 Å². The van der Waals surface area contributed by atoms with Crippen LogP contribution in [0.15, 0.2) is 146 Å². The smallest absolute Gasteiger partial charge is 0.00201 e. The van der Waals surface area contributed by atoms with Gasteiger partial charge in [-0.15, -0.1) is 0 Å². The summed E-state index contributed by atoms with van der Waals surface area (Å²) in [6, 6.07) is 54.5. The van der Waals surface area contributed by atoms with Crippen molar-refractivity contribution < 1.29 is 0 Å². The fraction of sp³-hybridized carbons (Fsp3) is 0.0870. The second-order valence-corrected chi connectivity index (χ2v) is 12.6. The zero-order chi connectivity index (χ0) is 30.8. The molecule has 0 heterocycles. The van der Waals surface area contributed by atoms with Crippen molar-refractivity contribution in [1.29, 1.82) is 0 Å². The van der Waals surface area contributed by atoms with Crippen LogP contribution in [0, 0.1) is 0 Å². The fourth-order valence-electron chi connectivity index (χ4n) is 8.08. The van der Waals surface area contributed by atoms with Crippen molar-refractivity contribution in [2.45, 2.75) is 26.7 Å². The minimum absolute atomic E-state index is 0.975. The Labute approximate surface area is 269 Å². The van der Waals surface area contributed by atoms with Gasteiger partial charge in [-0.05, 0) is 111 Å². The number of rotatable bonds is 5. The van der Waals surface area contributed by atoms with Gasteiger partial charge in [-0.25, -0.2) is 0 Å². The first kappa shape index (κ1) is 26.9. The molecule has 0 nitrogen and oxygen atoms in total. The first-order valence-electron chi connectivity index (χ1n) is 16.6. The highest BCUT2D eigenvalue weighted by Crippen LogP contribution is 2.48. The molecule has 0 heteroatoms. The summed E-state index contributed by atoms with van der Waals surface area (Å²) in [5.41, 5.74) is 10.8. The van der Waals surface area contributed by atoms with Gasteiger partial charge in [-0.1, -0.05) is 159 Å². The Morgan fingerprint density at radius 2 is 0.848 bits per heavy atom. The zero-order valence-electron chi connectivity index (χ0n) is 26.3. The molecular weight excluding hydrogens is 553 g/mol. The molecule has 0 aliphatic carbocycles. The molecule has 9 aromatic carbocycles. The Kier molecular flexibility index (Phi) is 6.18. The van der Waals surface area contributed by atoms with Gasteiger partial charge in [0.05, 0.1) is 0 Å². The second kappa shape index (κ2) is 10.6. The normalized spacial score (nSPS) is 11.9. The molecule has 0 aliphatic heterocycles. The summed E-state index contributed by atoms with van der Waals surface area (Å²) in [6.45, 7) is 4.60. The molecule has 0 fully saturated rings. The molecule has 0 aliphatic rings. The summed E-state index contributed by atoms with van der Waals surface area (Å²) < 4.78 is 0. The third-order valence-corrected chi connectivity index (χ3v) is 10.2. The summed E-state index contributed by atoms with van der Waals surface area (Å²) in [6.07, 6.45) is 1.95. The summed E-state index contributed by atoms with van der Waals surface area (Å²) in [7, 11) is 0. The maximum Gasteiger partial charge on any atom is -0.00201 e. The lowest BCUT2D eigenvalue weighted by Crippen LogP contribution is -1.99. The van der Waals surface area contributed by atoms with Crippen LogP contribution in [0.1, 0.15) is 25.0 Å². The van der Waals surface area contributed by atoms with Crippen LogP contribution in [-0.2, 0) is 12.8 Å². The number of aryl methyl sites for hydroxylation is 2.